The summed E-state index contributed by atoms with van der Waals surface area (Å²) in [6.07, 6.45) is 1.23. The van der Waals surface area contributed by atoms with Crippen molar-refractivity contribution >= 4 is 23.1 Å². The molecule has 1 N–H and O–H groups in total. The normalized spacial score (nSPS) is 23.1. The fourth-order valence-corrected chi connectivity index (χ4v) is 3.72. The number of thioether (sulfide) groups is 1. The lowest BCUT2D eigenvalue weighted by Gasteiger charge is -2.36. The largest absolute Gasteiger partial charge is 0.497 e. The van der Waals surface area contributed by atoms with E-state index in [1.807, 2.05) is 6.07 Å². The number of fused-ring (bicyclic) bond motifs is 3. The molecular weight excluding hydrogens is 232 g/mol. The van der Waals surface area contributed by atoms with Gasteiger partial charge in [-0.1, -0.05) is 0 Å². The number of benzene rings is 1. The van der Waals surface area contributed by atoms with Crippen LogP contribution in [0, 0.1) is 0 Å². The van der Waals surface area contributed by atoms with E-state index in [1.54, 1.807) is 7.11 Å². The number of hydrogen-bond acceptors (Lipinski definition) is 4. The minimum Gasteiger partial charge on any atom is -0.497 e. The molecule has 0 radical (unpaired) electrons. The molecular formula is C13H18N2OS. The van der Waals surface area contributed by atoms with Crippen molar-refractivity contribution in [2.24, 2.45) is 0 Å². The molecule has 1 saturated heterocycles. The van der Waals surface area contributed by atoms with E-state index in [0.29, 0.717) is 6.04 Å². The van der Waals surface area contributed by atoms with E-state index >= 15 is 0 Å². The van der Waals surface area contributed by atoms with Crippen molar-refractivity contribution in [1.82, 2.24) is 0 Å². The van der Waals surface area contributed by atoms with E-state index in [2.05, 4.69) is 34.1 Å². The van der Waals surface area contributed by atoms with Crippen molar-refractivity contribution in [1.29, 1.82) is 0 Å². The second kappa shape index (κ2) is 4.69. The van der Waals surface area contributed by atoms with Gasteiger partial charge < -0.3 is 15.0 Å². The number of hydrogen-bond donors (Lipinski definition) is 1. The SMILES string of the molecule is COc1ccc2c(c1)N1CCSCC1CCN2. The van der Waals surface area contributed by atoms with E-state index < -0.39 is 0 Å². The van der Waals surface area contributed by atoms with Gasteiger partial charge in [0.05, 0.1) is 18.5 Å². The minimum atomic E-state index is 0.676. The topological polar surface area (TPSA) is 24.5 Å². The van der Waals surface area contributed by atoms with Crippen molar-refractivity contribution in [3.63, 3.8) is 0 Å². The van der Waals surface area contributed by atoms with Crippen LogP contribution in [0.2, 0.25) is 0 Å². The molecule has 0 saturated carbocycles. The predicted octanol–water partition coefficient (Wildman–Crippen LogP) is 2.43. The molecule has 1 fully saturated rings. The first-order valence-electron chi connectivity index (χ1n) is 6.15. The second-order valence-electron chi connectivity index (χ2n) is 4.52. The van der Waals surface area contributed by atoms with Gasteiger partial charge in [-0.05, 0) is 18.6 Å². The van der Waals surface area contributed by atoms with Crippen LogP contribution >= 0.6 is 11.8 Å². The maximum atomic E-state index is 5.34. The Labute approximate surface area is 107 Å². The lowest BCUT2D eigenvalue weighted by Crippen LogP contribution is -2.42. The highest BCUT2D eigenvalue weighted by atomic mass is 32.2. The molecule has 0 bridgehead atoms. The fraction of sp³-hybridized carbons (Fsp3) is 0.538. The molecule has 2 heterocycles. The Balaban J connectivity index is 2.00. The first-order valence-corrected chi connectivity index (χ1v) is 7.30. The van der Waals surface area contributed by atoms with Crippen LogP contribution in [-0.2, 0) is 0 Å². The number of ether oxygens (including phenoxy) is 1. The third-order valence-electron chi connectivity index (χ3n) is 3.53. The highest BCUT2D eigenvalue weighted by Crippen LogP contribution is 2.36. The van der Waals surface area contributed by atoms with E-state index in [9.17, 15) is 0 Å². The maximum Gasteiger partial charge on any atom is 0.121 e. The van der Waals surface area contributed by atoms with Crippen LogP contribution in [0.25, 0.3) is 0 Å². The summed E-state index contributed by atoms with van der Waals surface area (Å²) in [6.45, 7) is 2.22. The molecule has 4 heteroatoms. The quantitative estimate of drug-likeness (QED) is 0.827. The van der Waals surface area contributed by atoms with Crippen molar-refractivity contribution in [3.05, 3.63) is 18.2 Å². The maximum absolute atomic E-state index is 5.34. The highest BCUT2D eigenvalue weighted by molar-refractivity contribution is 7.99. The summed E-state index contributed by atoms with van der Waals surface area (Å²) < 4.78 is 5.34. The zero-order valence-electron chi connectivity index (χ0n) is 10.1. The smallest absolute Gasteiger partial charge is 0.121 e. The molecule has 92 valence electrons. The Hall–Kier alpha value is -1.03. The van der Waals surface area contributed by atoms with Gasteiger partial charge in [0.2, 0.25) is 0 Å². The van der Waals surface area contributed by atoms with Gasteiger partial charge >= 0.3 is 0 Å². The van der Waals surface area contributed by atoms with Gasteiger partial charge in [0.1, 0.15) is 5.75 Å². The van der Waals surface area contributed by atoms with Gasteiger partial charge in [0.15, 0.2) is 0 Å². The zero-order valence-corrected chi connectivity index (χ0v) is 10.9. The summed E-state index contributed by atoms with van der Waals surface area (Å²) >= 11 is 2.07. The van der Waals surface area contributed by atoms with E-state index in [-0.39, 0.29) is 0 Å². The lowest BCUT2D eigenvalue weighted by atomic mass is 10.1. The van der Waals surface area contributed by atoms with Crippen LogP contribution in [0.1, 0.15) is 6.42 Å². The average molecular weight is 250 g/mol. The Morgan fingerprint density at radius 2 is 2.41 bits per heavy atom. The van der Waals surface area contributed by atoms with E-state index in [0.717, 1.165) is 18.8 Å². The van der Waals surface area contributed by atoms with Gasteiger partial charge in [-0.3, -0.25) is 0 Å². The molecule has 1 aromatic carbocycles. The molecule has 3 rings (SSSR count). The first kappa shape index (κ1) is 11.1. The molecule has 1 atom stereocenters. The molecule has 0 aromatic heterocycles. The van der Waals surface area contributed by atoms with Gasteiger partial charge in [-0.2, -0.15) is 11.8 Å². The summed E-state index contributed by atoms with van der Waals surface area (Å²) in [6, 6.07) is 7.01. The summed E-state index contributed by atoms with van der Waals surface area (Å²) in [5.74, 6) is 3.43. The summed E-state index contributed by atoms with van der Waals surface area (Å²) in [5.41, 5.74) is 2.56. The molecule has 2 aliphatic rings. The number of rotatable bonds is 1. The minimum absolute atomic E-state index is 0.676. The Bertz CT molecular complexity index is 410. The van der Waals surface area contributed by atoms with Crippen LogP contribution in [0.5, 0.6) is 5.75 Å². The molecule has 1 aromatic rings. The third kappa shape index (κ3) is 2.06. The van der Waals surface area contributed by atoms with E-state index in [1.165, 1.54) is 29.3 Å². The summed E-state index contributed by atoms with van der Waals surface area (Å²) in [5, 5.41) is 3.53. The molecule has 1 unspecified atom stereocenters. The third-order valence-corrected chi connectivity index (χ3v) is 4.63. The molecule has 3 nitrogen and oxygen atoms in total. The predicted molar refractivity (Wildman–Crippen MR) is 74.6 cm³/mol. The summed E-state index contributed by atoms with van der Waals surface area (Å²) in [7, 11) is 1.73. The van der Waals surface area contributed by atoms with Crippen LogP contribution in [0.4, 0.5) is 11.4 Å². The Kier molecular flexibility index (Phi) is 3.05. The van der Waals surface area contributed by atoms with Gasteiger partial charge in [0, 0.05) is 36.7 Å². The standard InChI is InChI=1S/C13H18N2OS/c1-16-11-2-3-12-13(8-11)15-6-7-17-9-10(15)4-5-14-12/h2-3,8,10,14H,4-7,9H2,1H3. The fourth-order valence-electron chi connectivity index (χ4n) is 2.61. The Morgan fingerprint density at radius 3 is 3.29 bits per heavy atom. The van der Waals surface area contributed by atoms with Gasteiger partial charge in [-0.15, -0.1) is 0 Å². The average Bonchev–Trinajstić information content (AvgIpc) is 2.57. The van der Waals surface area contributed by atoms with Crippen LogP contribution in [0.3, 0.4) is 0 Å². The lowest BCUT2D eigenvalue weighted by molar-refractivity contribution is 0.414. The molecule has 0 aliphatic carbocycles. The van der Waals surface area contributed by atoms with E-state index in [4.69, 9.17) is 4.74 Å². The second-order valence-corrected chi connectivity index (χ2v) is 5.67. The number of nitrogens with zero attached hydrogens (tertiary/aromatic N) is 1. The van der Waals surface area contributed by atoms with Gasteiger partial charge in [0.25, 0.3) is 0 Å². The van der Waals surface area contributed by atoms with Crippen molar-refractivity contribution < 1.29 is 4.74 Å². The van der Waals surface area contributed by atoms with Gasteiger partial charge in [-0.25, -0.2) is 0 Å². The number of anilines is 2. The molecule has 0 spiro atoms. The van der Waals surface area contributed by atoms with Crippen molar-refractivity contribution in [2.45, 2.75) is 12.5 Å². The molecule has 0 amide bonds. The molecule has 17 heavy (non-hydrogen) atoms. The van der Waals surface area contributed by atoms with Crippen LogP contribution in [-0.4, -0.2) is 37.7 Å². The number of nitrogens with one attached hydrogen (secondary N) is 1. The first-order chi connectivity index (χ1) is 8.38. The number of methoxy groups -OCH3 is 1. The summed E-state index contributed by atoms with van der Waals surface area (Å²) in [4.78, 5) is 2.55. The van der Waals surface area contributed by atoms with Crippen LogP contribution in [0.15, 0.2) is 18.2 Å². The van der Waals surface area contributed by atoms with Crippen LogP contribution < -0.4 is 15.0 Å². The molecule has 2 aliphatic heterocycles. The zero-order chi connectivity index (χ0) is 11.7. The monoisotopic (exact) mass is 250 g/mol. The highest BCUT2D eigenvalue weighted by Gasteiger charge is 2.27. The van der Waals surface area contributed by atoms with Crippen molar-refractivity contribution in [3.8, 4) is 5.75 Å². The van der Waals surface area contributed by atoms with Crippen molar-refractivity contribution in [2.75, 3.05) is 41.9 Å². The Morgan fingerprint density at radius 1 is 1.47 bits per heavy atom.